The molecule has 3 heteroatoms. The number of hydrogen-bond acceptors (Lipinski definition) is 3. The Bertz CT molecular complexity index is 122. The molecule has 0 amide bonds. The predicted molar refractivity (Wildman–Crippen MR) is 36.3 cm³/mol. The van der Waals surface area contributed by atoms with Gasteiger partial charge in [-0.05, 0) is 6.42 Å². The monoisotopic (exact) mass is 128 g/mol. The molecule has 0 aliphatic carbocycles. The van der Waals surface area contributed by atoms with Crippen molar-refractivity contribution in [3.8, 4) is 0 Å². The van der Waals surface area contributed by atoms with Crippen LogP contribution in [-0.4, -0.2) is 18.4 Å². The van der Waals surface area contributed by atoms with Gasteiger partial charge in [0.05, 0.1) is 5.71 Å². The van der Waals surface area contributed by atoms with Gasteiger partial charge in [0.1, 0.15) is 6.10 Å². The fraction of sp³-hybridized carbons (Fsp3) is 0.833. The summed E-state index contributed by atoms with van der Waals surface area (Å²) in [6.07, 6.45) is 2.06. The van der Waals surface area contributed by atoms with Gasteiger partial charge in [-0.1, -0.05) is 12.1 Å². The largest absolute Gasteiger partial charge is 0.391 e. The van der Waals surface area contributed by atoms with Crippen molar-refractivity contribution in [1.82, 2.24) is 0 Å². The molecule has 0 radical (unpaired) electrons. The number of nitrogens with two attached hydrogens (primary N) is 1. The summed E-state index contributed by atoms with van der Waals surface area (Å²) < 4.78 is 0. The van der Waals surface area contributed by atoms with E-state index in [-0.39, 0.29) is 6.10 Å². The van der Waals surface area contributed by atoms with E-state index in [4.69, 9.17) is 10.6 Å². The minimum atomic E-state index is 0.153. The van der Waals surface area contributed by atoms with Crippen LogP contribution in [0.4, 0.5) is 0 Å². The van der Waals surface area contributed by atoms with Gasteiger partial charge in [0, 0.05) is 13.0 Å². The quantitative estimate of drug-likeness (QED) is 0.588. The van der Waals surface area contributed by atoms with Gasteiger partial charge in [-0.3, -0.25) is 0 Å². The van der Waals surface area contributed by atoms with Crippen molar-refractivity contribution >= 4 is 5.71 Å². The SMILES string of the molecule is CCC1=NO[C@H](CN)C1. The third-order valence-electron chi connectivity index (χ3n) is 1.47. The molecule has 52 valence electrons. The molecule has 0 unspecified atom stereocenters. The van der Waals surface area contributed by atoms with E-state index in [1.54, 1.807) is 0 Å². The van der Waals surface area contributed by atoms with Crippen LogP contribution in [0, 0.1) is 0 Å². The van der Waals surface area contributed by atoms with Crippen LogP contribution in [-0.2, 0) is 4.84 Å². The topological polar surface area (TPSA) is 47.6 Å². The van der Waals surface area contributed by atoms with E-state index in [0.717, 1.165) is 18.6 Å². The van der Waals surface area contributed by atoms with Crippen LogP contribution in [0.2, 0.25) is 0 Å². The summed E-state index contributed by atoms with van der Waals surface area (Å²) in [5.74, 6) is 0. The molecule has 1 atom stereocenters. The standard InChI is InChI=1S/C6H12N2O/c1-2-5-3-6(4-7)9-8-5/h6H,2-4,7H2,1H3/t6-/m0/s1. The Morgan fingerprint density at radius 3 is 3.00 bits per heavy atom. The zero-order chi connectivity index (χ0) is 6.69. The Kier molecular flexibility index (Phi) is 2.05. The molecule has 1 aliphatic heterocycles. The first-order valence-corrected chi connectivity index (χ1v) is 3.28. The van der Waals surface area contributed by atoms with Gasteiger partial charge in [-0.2, -0.15) is 0 Å². The third kappa shape index (κ3) is 1.42. The third-order valence-corrected chi connectivity index (χ3v) is 1.47. The van der Waals surface area contributed by atoms with Crippen LogP contribution < -0.4 is 5.73 Å². The average molecular weight is 128 g/mol. The maximum Gasteiger partial charge on any atom is 0.145 e. The molecule has 0 spiro atoms. The highest BCUT2D eigenvalue weighted by Crippen LogP contribution is 2.10. The second kappa shape index (κ2) is 2.82. The molecule has 1 heterocycles. The summed E-state index contributed by atoms with van der Waals surface area (Å²) in [5, 5.41) is 3.84. The second-order valence-corrected chi connectivity index (χ2v) is 2.18. The number of nitrogens with zero attached hydrogens (tertiary/aromatic N) is 1. The molecule has 0 aromatic heterocycles. The molecule has 0 aromatic carbocycles. The molecule has 0 saturated heterocycles. The maximum absolute atomic E-state index is 5.35. The van der Waals surface area contributed by atoms with Gasteiger partial charge in [0.2, 0.25) is 0 Å². The highest BCUT2D eigenvalue weighted by Gasteiger charge is 2.16. The zero-order valence-corrected chi connectivity index (χ0v) is 5.63. The Hall–Kier alpha value is -0.570. The van der Waals surface area contributed by atoms with E-state index in [9.17, 15) is 0 Å². The number of rotatable bonds is 2. The van der Waals surface area contributed by atoms with E-state index in [2.05, 4.69) is 12.1 Å². The fourth-order valence-corrected chi connectivity index (χ4v) is 0.822. The van der Waals surface area contributed by atoms with E-state index >= 15 is 0 Å². The Morgan fingerprint density at radius 2 is 2.67 bits per heavy atom. The predicted octanol–water partition coefficient (Wildman–Crippen LogP) is 0.500. The van der Waals surface area contributed by atoms with E-state index in [1.807, 2.05) is 0 Å². The molecule has 1 aliphatic rings. The van der Waals surface area contributed by atoms with Gasteiger partial charge in [-0.15, -0.1) is 0 Å². The molecule has 0 fully saturated rings. The van der Waals surface area contributed by atoms with E-state index in [0.29, 0.717) is 6.54 Å². The number of oxime groups is 1. The summed E-state index contributed by atoms with van der Waals surface area (Å²) in [6, 6.07) is 0. The van der Waals surface area contributed by atoms with Crippen LogP contribution >= 0.6 is 0 Å². The van der Waals surface area contributed by atoms with Crippen molar-refractivity contribution in [2.75, 3.05) is 6.54 Å². The molecular weight excluding hydrogens is 116 g/mol. The number of hydrogen-bond donors (Lipinski definition) is 1. The molecule has 0 saturated carbocycles. The van der Waals surface area contributed by atoms with Crippen molar-refractivity contribution in [3.63, 3.8) is 0 Å². The molecule has 3 nitrogen and oxygen atoms in total. The van der Waals surface area contributed by atoms with Crippen LogP contribution in [0.1, 0.15) is 19.8 Å². The van der Waals surface area contributed by atoms with Gasteiger partial charge in [0.25, 0.3) is 0 Å². The minimum Gasteiger partial charge on any atom is -0.391 e. The summed E-state index contributed by atoms with van der Waals surface area (Å²) in [7, 11) is 0. The van der Waals surface area contributed by atoms with Crippen LogP contribution in [0.15, 0.2) is 5.16 Å². The molecule has 1 rings (SSSR count). The highest BCUT2D eigenvalue weighted by atomic mass is 16.6. The fourth-order valence-electron chi connectivity index (χ4n) is 0.822. The van der Waals surface area contributed by atoms with Gasteiger partial charge >= 0.3 is 0 Å². The van der Waals surface area contributed by atoms with Gasteiger partial charge in [-0.25, -0.2) is 0 Å². The van der Waals surface area contributed by atoms with Crippen molar-refractivity contribution in [2.45, 2.75) is 25.9 Å². The first-order valence-electron chi connectivity index (χ1n) is 3.28. The highest BCUT2D eigenvalue weighted by molar-refractivity contribution is 5.85. The van der Waals surface area contributed by atoms with Crippen molar-refractivity contribution in [3.05, 3.63) is 0 Å². The average Bonchev–Trinajstić information content (AvgIpc) is 2.34. The lowest BCUT2D eigenvalue weighted by molar-refractivity contribution is 0.0918. The minimum absolute atomic E-state index is 0.153. The van der Waals surface area contributed by atoms with Crippen molar-refractivity contribution < 1.29 is 4.84 Å². The summed E-state index contributed by atoms with van der Waals surface area (Å²) in [6.45, 7) is 2.65. The van der Waals surface area contributed by atoms with Crippen LogP contribution in [0.25, 0.3) is 0 Å². The first kappa shape index (κ1) is 6.55. The summed E-state index contributed by atoms with van der Waals surface area (Å²) in [5.41, 5.74) is 6.48. The summed E-state index contributed by atoms with van der Waals surface area (Å²) in [4.78, 5) is 4.97. The Balaban J connectivity index is 2.31. The maximum atomic E-state index is 5.35. The smallest absolute Gasteiger partial charge is 0.145 e. The lowest BCUT2D eigenvalue weighted by Crippen LogP contribution is -2.19. The molecule has 2 N–H and O–H groups in total. The lowest BCUT2D eigenvalue weighted by atomic mass is 10.1. The zero-order valence-electron chi connectivity index (χ0n) is 5.63. The van der Waals surface area contributed by atoms with E-state index in [1.165, 1.54) is 0 Å². The molecule has 0 aromatic rings. The Morgan fingerprint density at radius 1 is 1.89 bits per heavy atom. The van der Waals surface area contributed by atoms with E-state index < -0.39 is 0 Å². The normalized spacial score (nSPS) is 25.6. The molecule has 0 bridgehead atoms. The van der Waals surface area contributed by atoms with Crippen LogP contribution in [0.3, 0.4) is 0 Å². The Labute approximate surface area is 54.9 Å². The molecular formula is C6H12N2O. The lowest BCUT2D eigenvalue weighted by Gasteiger charge is -2.00. The van der Waals surface area contributed by atoms with Crippen molar-refractivity contribution in [2.24, 2.45) is 10.9 Å². The summed E-state index contributed by atoms with van der Waals surface area (Å²) >= 11 is 0. The van der Waals surface area contributed by atoms with Crippen molar-refractivity contribution in [1.29, 1.82) is 0 Å². The van der Waals surface area contributed by atoms with Gasteiger partial charge < -0.3 is 10.6 Å². The molecule has 9 heavy (non-hydrogen) atoms. The second-order valence-electron chi connectivity index (χ2n) is 2.18. The van der Waals surface area contributed by atoms with Gasteiger partial charge in [0.15, 0.2) is 0 Å². The first-order chi connectivity index (χ1) is 4.36. The van der Waals surface area contributed by atoms with Crippen LogP contribution in [0.5, 0.6) is 0 Å².